The zero-order chi connectivity index (χ0) is 33.9. The van der Waals surface area contributed by atoms with Crippen molar-refractivity contribution in [3.05, 3.63) is 77.2 Å². The second-order valence-electron chi connectivity index (χ2n) is 10.7. The van der Waals surface area contributed by atoms with Gasteiger partial charge in [-0.15, -0.1) is 0 Å². The molecule has 4 rings (SSSR count). The van der Waals surface area contributed by atoms with Crippen molar-refractivity contribution in [3.63, 3.8) is 0 Å². The number of hydrogen-bond acceptors (Lipinski definition) is 10. The van der Waals surface area contributed by atoms with Crippen molar-refractivity contribution in [1.82, 2.24) is 14.5 Å². The van der Waals surface area contributed by atoms with E-state index in [-0.39, 0.29) is 61.3 Å². The number of nitrogen functional groups attached to an aromatic ring is 1. The molecule has 47 heavy (non-hydrogen) atoms. The van der Waals surface area contributed by atoms with Crippen LogP contribution in [0.25, 0.3) is 11.0 Å². The maximum atomic E-state index is 13.7. The Hall–Kier alpha value is -5.46. The molecule has 0 unspecified atom stereocenters. The Morgan fingerprint density at radius 2 is 1.87 bits per heavy atom. The van der Waals surface area contributed by atoms with E-state index in [1.807, 2.05) is 17.7 Å². The number of esters is 2. The number of nitrogens with one attached hydrogen (secondary N) is 2. The van der Waals surface area contributed by atoms with E-state index in [0.29, 0.717) is 28.4 Å². The minimum absolute atomic E-state index is 0.0216. The summed E-state index contributed by atoms with van der Waals surface area (Å²) in [6, 6.07) is 13.7. The van der Waals surface area contributed by atoms with Gasteiger partial charge in [-0.1, -0.05) is 25.8 Å². The number of pyridine rings is 1. The summed E-state index contributed by atoms with van der Waals surface area (Å²) in [6.45, 7) is 4.69. The van der Waals surface area contributed by atoms with Crippen LogP contribution in [0.2, 0.25) is 0 Å². The molecule has 0 saturated carbocycles. The fourth-order valence-electron chi connectivity index (χ4n) is 5.11. The number of rotatable bonds is 16. The van der Waals surface area contributed by atoms with E-state index in [1.165, 1.54) is 12.0 Å². The molecule has 2 aromatic heterocycles. The average Bonchev–Trinajstić information content (AvgIpc) is 3.39. The first-order chi connectivity index (χ1) is 22.7. The summed E-state index contributed by atoms with van der Waals surface area (Å²) in [5.41, 5.74) is 8.48. The van der Waals surface area contributed by atoms with E-state index >= 15 is 0 Å². The fraction of sp³-hybridized carbons (Fsp3) is 0.353. The van der Waals surface area contributed by atoms with Gasteiger partial charge >= 0.3 is 11.9 Å². The second-order valence-corrected chi connectivity index (χ2v) is 10.7. The van der Waals surface area contributed by atoms with E-state index < -0.39 is 11.9 Å². The number of nitrogens with two attached hydrogens (primary N) is 1. The van der Waals surface area contributed by atoms with Crippen LogP contribution in [-0.2, 0) is 27.9 Å². The predicted molar refractivity (Wildman–Crippen MR) is 179 cm³/mol. The molecule has 0 aliphatic heterocycles. The molecule has 0 spiro atoms. The van der Waals surface area contributed by atoms with Gasteiger partial charge in [0.1, 0.15) is 17.5 Å². The summed E-state index contributed by atoms with van der Waals surface area (Å²) in [5.74, 6) is -0.313. The van der Waals surface area contributed by atoms with Crippen molar-refractivity contribution in [2.45, 2.75) is 46.1 Å². The number of unbranched alkanes of at least 4 members (excludes halogenated alkanes) is 2. The molecule has 13 nitrogen and oxygen atoms in total. The summed E-state index contributed by atoms with van der Waals surface area (Å²) in [7, 11) is 3.31. The summed E-state index contributed by atoms with van der Waals surface area (Å²) >= 11 is 0. The number of carbonyl (C=O) groups is 3. The minimum atomic E-state index is -0.570. The van der Waals surface area contributed by atoms with Gasteiger partial charge in [0, 0.05) is 25.4 Å². The maximum absolute atomic E-state index is 13.7. The lowest BCUT2D eigenvalue weighted by molar-refractivity contribution is -0.142. The number of carbonyl (C=O) groups excluding carboxylic acids is 3. The van der Waals surface area contributed by atoms with E-state index in [4.69, 9.17) is 30.3 Å². The zero-order valence-corrected chi connectivity index (χ0v) is 27.2. The van der Waals surface area contributed by atoms with Crippen LogP contribution in [0.15, 0.2) is 54.7 Å². The van der Waals surface area contributed by atoms with Crippen LogP contribution in [0, 0.1) is 5.41 Å². The molecule has 2 aromatic carbocycles. The molecule has 0 atom stereocenters. The highest BCUT2D eigenvalue weighted by Crippen LogP contribution is 2.32. The van der Waals surface area contributed by atoms with Gasteiger partial charge < -0.3 is 29.8 Å². The standard InChI is InChI=1S/C34H41N7O6/c1-5-7-10-19-47-34(44)23-13-14-24(31(45-4)30(23)32(35)36)38-21-28-39-25-20-22(12-15-26(25)40(28)3)33(43)41(18-16-29(42)46-6-2)27-11-8-9-17-37-27/h8-9,11-15,17,20,38H,5-7,10,16,18-19,21H2,1-4H3,(H3,35,36). The summed E-state index contributed by atoms with van der Waals surface area (Å²) in [5, 5.41) is 11.4. The third kappa shape index (κ3) is 8.23. The molecule has 13 heteroatoms. The summed E-state index contributed by atoms with van der Waals surface area (Å²) < 4.78 is 18.0. The number of anilines is 2. The first-order valence-corrected chi connectivity index (χ1v) is 15.5. The number of benzene rings is 2. The Bertz CT molecular complexity index is 1740. The van der Waals surface area contributed by atoms with E-state index in [1.54, 1.807) is 55.6 Å². The zero-order valence-electron chi connectivity index (χ0n) is 27.2. The quantitative estimate of drug-likeness (QED) is 0.0664. The maximum Gasteiger partial charge on any atom is 0.339 e. The van der Waals surface area contributed by atoms with Crippen molar-refractivity contribution in [2.75, 3.05) is 37.1 Å². The number of amidine groups is 1. The van der Waals surface area contributed by atoms with Crippen molar-refractivity contribution in [2.24, 2.45) is 12.8 Å². The number of aryl methyl sites for hydroxylation is 1. The Kier molecular flexibility index (Phi) is 11.9. The van der Waals surface area contributed by atoms with Crippen LogP contribution in [0.3, 0.4) is 0 Å². The number of imidazole rings is 1. The molecule has 1 amide bonds. The van der Waals surface area contributed by atoms with Crippen LogP contribution in [0.4, 0.5) is 11.5 Å². The Morgan fingerprint density at radius 1 is 1.06 bits per heavy atom. The molecule has 0 aliphatic rings. The number of nitrogens with zero attached hydrogens (tertiary/aromatic N) is 4. The Balaban J connectivity index is 1.56. The van der Waals surface area contributed by atoms with E-state index in [2.05, 4.69) is 17.2 Å². The number of amides is 1. The molecule has 0 radical (unpaired) electrons. The van der Waals surface area contributed by atoms with E-state index in [0.717, 1.165) is 24.8 Å². The highest BCUT2D eigenvalue weighted by Gasteiger charge is 2.24. The number of ether oxygens (including phenoxy) is 3. The highest BCUT2D eigenvalue weighted by molar-refractivity contribution is 6.09. The molecule has 0 saturated heterocycles. The molecule has 4 aromatic rings. The molecule has 0 bridgehead atoms. The molecule has 2 heterocycles. The summed E-state index contributed by atoms with van der Waals surface area (Å²) in [4.78, 5) is 49.1. The normalized spacial score (nSPS) is 10.8. The number of methoxy groups -OCH3 is 1. The average molecular weight is 644 g/mol. The van der Waals surface area contributed by atoms with Crippen LogP contribution in [-0.4, -0.2) is 65.1 Å². The van der Waals surface area contributed by atoms with Crippen LogP contribution < -0.4 is 20.7 Å². The van der Waals surface area contributed by atoms with Crippen molar-refractivity contribution in [1.29, 1.82) is 5.41 Å². The lowest BCUT2D eigenvalue weighted by Gasteiger charge is -2.21. The molecule has 0 aliphatic carbocycles. The van der Waals surface area contributed by atoms with Crippen LogP contribution in [0.1, 0.15) is 71.6 Å². The monoisotopic (exact) mass is 643 g/mol. The van der Waals surface area contributed by atoms with Gasteiger partial charge in [-0.3, -0.25) is 19.9 Å². The Labute approximate surface area is 273 Å². The molecular formula is C34H41N7O6. The van der Waals surface area contributed by atoms with Gasteiger partial charge in [0.05, 0.1) is 61.1 Å². The van der Waals surface area contributed by atoms with Gasteiger partial charge in [0.15, 0.2) is 5.75 Å². The molecule has 248 valence electrons. The van der Waals surface area contributed by atoms with Crippen molar-refractivity contribution >= 4 is 46.2 Å². The van der Waals surface area contributed by atoms with Crippen molar-refractivity contribution < 1.29 is 28.6 Å². The highest BCUT2D eigenvalue weighted by atomic mass is 16.5. The van der Waals surface area contributed by atoms with Gasteiger partial charge in [-0.05, 0) is 55.8 Å². The molecule has 0 fully saturated rings. The summed E-state index contributed by atoms with van der Waals surface area (Å²) in [6.07, 6.45) is 4.30. The lowest BCUT2D eigenvalue weighted by Crippen LogP contribution is -2.34. The number of hydrogen-bond donors (Lipinski definition) is 3. The fourth-order valence-corrected chi connectivity index (χ4v) is 5.11. The van der Waals surface area contributed by atoms with Gasteiger partial charge in [-0.2, -0.15) is 0 Å². The SMILES string of the molecule is CCCCCOC(=O)c1ccc(NCc2nc3cc(C(=O)N(CCC(=O)OCC)c4ccccn4)ccc3n2C)c(OC)c1C(=N)N. The molecular weight excluding hydrogens is 602 g/mol. The number of fused-ring (bicyclic) bond motifs is 1. The lowest BCUT2D eigenvalue weighted by atomic mass is 10.0. The Morgan fingerprint density at radius 3 is 2.55 bits per heavy atom. The number of aromatic nitrogens is 3. The van der Waals surface area contributed by atoms with Crippen LogP contribution >= 0.6 is 0 Å². The largest absolute Gasteiger partial charge is 0.494 e. The van der Waals surface area contributed by atoms with Gasteiger partial charge in [0.25, 0.3) is 5.91 Å². The van der Waals surface area contributed by atoms with Crippen molar-refractivity contribution in [3.8, 4) is 5.75 Å². The van der Waals surface area contributed by atoms with E-state index in [9.17, 15) is 14.4 Å². The molecule has 4 N–H and O–H groups in total. The van der Waals surface area contributed by atoms with Crippen LogP contribution in [0.5, 0.6) is 5.75 Å². The first-order valence-electron chi connectivity index (χ1n) is 15.5. The minimum Gasteiger partial charge on any atom is -0.494 e. The van der Waals surface area contributed by atoms with Gasteiger partial charge in [0.2, 0.25) is 0 Å². The second kappa shape index (κ2) is 16.2. The smallest absolute Gasteiger partial charge is 0.339 e. The third-order valence-electron chi connectivity index (χ3n) is 7.51. The third-order valence-corrected chi connectivity index (χ3v) is 7.51. The predicted octanol–water partition coefficient (Wildman–Crippen LogP) is 4.82. The van der Waals surface area contributed by atoms with Gasteiger partial charge in [-0.25, -0.2) is 14.8 Å². The first kappa shape index (κ1) is 34.4. The topological polar surface area (TPSA) is 175 Å².